The molecule has 0 spiro atoms. The Morgan fingerprint density at radius 2 is 2.33 bits per heavy atom. The summed E-state index contributed by atoms with van der Waals surface area (Å²) in [6, 6.07) is 3.08. The van der Waals surface area contributed by atoms with Gasteiger partial charge in [-0.3, -0.25) is 0 Å². The summed E-state index contributed by atoms with van der Waals surface area (Å²) in [7, 11) is 1.34. The molecule has 0 unspecified atom stereocenters. The smallest absolute Gasteiger partial charge is 0.264 e. The first-order chi connectivity index (χ1) is 7.10. The van der Waals surface area contributed by atoms with Gasteiger partial charge in [0.25, 0.3) is 6.43 Å². The molecule has 0 aliphatic rings. The highest BCUT2D eigenvalue weighted by Crippen LogP contribution is 2.30. The average molecular weight is 324 g/mol. The number of ether oxygens (including phenoxy) is 1. The molecule has 1 aromatic heterocycles. The summed E-state index contributed by atoms with van der Waals surface area (Å²) >= 11 is 1.83. The van der Waals surface area contributed by atoms with Crippen molar-refractivity contribution >= 4 is 22.6 Å². The van der Waals surface area contributed by atoms with Gasteiger partial charge in [0, 0.05) is 11.1 Å². The van der Waals surface area contributed by atoms with E-state index in [-0.39, 0.29) is 23.4 Å². The van der Waals surface area contributed by atoms with E-state index in [1.165, 1.54) is 13.2 Å². The van der Waals surface area contributed by atoms with Crippen molar-refractivity contribution in [1.29, 1.82) is 5.26 Å². The van der Waals surface area contributed by atoms with Gasteiger partial charge in [0.15, 0.2) is 0 Å². The molecule has 1 heterocycles. The number of pyridine rings is 1. The predicted molar refractivity (Wildman–Crippen MR) is 57.8 cm³/mol. The molecule has 0 aliphatic heterocycles. The molecule has 0 bridgehead atoms. The zero-order valence-corrected chi connectivity index (χ0v) is 9.96. The van der Waals surface area contributed by atoms with Crippen LogP contribution in [0.1, 0.15) is 17.6 Å². The van der Waals surface area contributed by atoms with Crippen LogP contribution in [0.25, 0.3) is 0 Å². The highest BCUT2D eigenvalue weighted by molar-refractivity contribution is 14.1. The number of nitriles is 1. The van der Waals surface area contributed by atoms with Crippen LogP contribution in [0.3, 0.4) is 0 Å². The lowest BCUT2D eigenvalue weighted by Gasteiger charge is -2.10. The lowest BCUT2D eigenvalue weighted by molar-refractivity contribution is 0.149. The van der Waals surface area contributed by atoms with Crippen molar-refractivity contribution in [2.24, 2.45) is 0 Å². The van der Waals surface area contributed by atoms with Crippen LogP contribution >= 0.6 is 22.6 Å². The van der Waals surface area contributed by atoms with E-state index in [4.69, 9.17) is 10.00 Å². The van der Waals surface area contributed by atoms with Crippen LogP contribution in [0.4, 0.5) is 8.78 Å². The third-order valence-corrected chi connectivity index (χ3v) is 2.33. The molecule has 3 nitrogen and oxygen atoms in total. The van der Waals surface area contributed by atoms with E-state index in [0.29, 0.717) is 3.70 Å². The van der Waals surface area contributed by atoms with E-state index in [1.807, 2.05) is 28.7 Å². The first kappa shape index (κ1) is 12.1. The van der Waals surface area contributed by atoms with Crippen LogP contribution in [0.5, 0.6) is 5.88 Å². The summed E-state index contributed by atoms with van der Waals surface area (Å²) in [5.74, 6) is 0.0961. The SMILES string of the molecule is COc1nc(I)cc(C(F)F)c1CC#N. The maximum absolute atomic E-state index is 12.7. The first-order valence-electron chi connectivity index (χ1n) is 3.98. The van der Waals surface area contributed by atoms with Crippen molar-refractivity contribution in [3.05, 3.63) is 20.9 Å². The lowest BCUT2D eigenvalue weighted by Crippen LogP contribution is -2.02. The molecule has 0 radical (unpaired) electrons. The quantitative estimate of drug-likeness (QED) is 0.634. The second-order valence-electron chi connectivity index (χ2n) is 2.66. The maximum atomic E-state index is 12.7. The van der Waals surface area contributed by atoms with E-state index < -0.39 is 6.43 Å². The molecule has 0 saturated carbocycles. The Labute approximate surface area is 99.2 Å². The number of halogens is 3. The Morgan fingerprint density at radius 1 is 1.67 bits per heavy atom. The number of aromatic nitrogens is 1. The van der Waals surface area contributed by atoms with E-state index in [0.717, 1.165) is 0 Å². The zero-order valence-electron chi connectivity index (χ0n) is 7.80. The second-order valence-corrected chi connectivity index (χ2v) is 3.76. The van der Waals surface area contributed by atoms with Crippen LogP contribution in [0, 0.1) is 15.0 Å². The fourth-order valence-electron chi connectivity index (χ4n) is 1.16. The molecule has 1 aromatic rings. The molecular formula is C9H7F2IN2O. The van der Waals surface area contributed by atoms with Gasteiger partial charge in [-0.05, 0) is 28.7 Å². The molecule has 0 aromatic carbocycles. The van der Waals surface area contributed by atoms with E-state index in [2.05, 4.69) is 4.98 Å². The topological polar surface area (TPSA) is 45.9 Å². The Kier molecular flexibility index (Phi) is 4.20. The summed E-state index contributed by atoms with van der Waals surface area (Å²) in [5, 5.41) is 8.54. The normalized spacial score (nSPS) is 10.1. The van der Waals surface area contributed by atoms with Gasteiger partial charge in [0.05, 0.1) is 19.6 Å². The largest absolute Gasteiger partial charge is 0.481 e. The molecule has 0 N–H and O–H groups in total. The van der Waals surface area contributed by atoms with Crippen molar-refractivity contribution < 1.29 is 13.5 Å². The third-order valence-electron chi connectivity index (χ3n) is 1.77. The third kappa shape index (κ3) is 2.75. The Balaban J connectivity index is 3.34. The Bertz CT molecular complexity index is 404. The van der Waals surface area contributed by atoms with Crippen LogP contribution in [0.15, 0.2) is 6.07 Å². The summed E-state index contributed by atoms with van der Waals surface area (Å²) in [6.07, 6.45) is -2.76. The van der Waals surface area contributed by atoms with E-state index in [9.17, 15) is 8.78 Å². The molecule has 0 saturated heterocycles. The predicted octanol–water partition coefficient (Wildman–Crippen LogP) is 2.70. The minimum absolute atomic E-state index is 0.0961. The molecule has 15 heavy (non-hydrogen) atoms. The number of hydrogen-bond donors (Lipinski definition) is 0. The molecule has 0 amide bonds. The minimum atomic E-state index is -2.63. The van der Waals surface area contributed by atoms with E-state index >= 15 is 0 Å². The van der Waals surface area contributed by atoms with Crippen molar-refractivity contribution in [3.63, 3.8) is 0 Å². The first-order valence-corrected chi connectivity index (χ1v) is 5.06. The molecule has 6 heteroatoms. The number of methoxy groups -OCH3 is 1. The van der Waals surface area contributed by atoms with Gasteiger partial charge in [0.1, 0.15) is 3.70 Å². The van der Waals surface area contributed by atoms with Gasteiger partial charge < -0.3 is 4.74 Å². The fraction of sp³-hybridized carbons (Fsp3) is 0.333. The van der Waals surface area contributed by atoms with Crippen molar-refractivity contribution in [2.75, 3.05) is 7.11 Å². The lowest BCUT2D eigenvalue weighted by atomic mass is 10.1. The summed E-state index contributed by atoms with van der Waals surface area (Å²) in [5.41, 5.74) is -0.0248. The number of alkyl halides is 2. The molecule has 0 fully saturated rings. The molecule has 80 valence electrons. The second kappa shape index (κ2) is 5.21. The van der Waals surface area contributed by atoms with Crippen LogP contribution in [-0.2, 0) is 6.42 Å². The van der Waals surface area contributed by atoms with Gasteiger partial charge >= 0.3 is 0 Å². The molecule has 0 aliphatic carbocycles. The summed E-state index contributed by atoms with van der Waals surface area (Å²) in [4.78, 5) is 3.93. The van der Waals surface area contributed by atoms with Gasteiger partial charge in [0.2, 0.25) is 5.88 Å². The standard InChI is InChI=1S/C9H7F2IN2O/c1-15-9-5(2-3-13)6(8(10)11)4-7(12)14-9/h4,8H,2H2,1H3. The summed E-state index contributed by atoms with van der Waals surface area (Å²) < 4.78 is 30.6. The van der Waals surface area contributed by atoms with Crippen molar-refractivity contribution in [2.45, 2.75) is 12.8 Å². The van der Waals surface area contributed by atoms with Crippen LogP contribution in [0.2, 0.25) is 0 Å². The van der Waals surface area contributed by atoms with Crippen molar-refractivity contribution in [1.82, 2.24) is 4.98 Å². The average Bonchev–Trinajstić information content (AvgIpc) is 2.19. The van der Waals surface area contributed by atoms with Crippen LogP contribution < -0.4 is 4.74 Å². The maximum Gasteiger partial charge on any atom is 0.264 e. The van der Waals surface area contributed by atoms with Crippen LogP contribution in [-0.4, -0.2) is 12.1 Å². The number of hydrogen-bond acceptors (Lipinski definition) is 3. The zero-order chi connectivity index (χ0) is 11.4. The van der Waals surface area contributed by atoms with Crippen molar-refractivity contribution in [3.8, 4) is 11.9 Å². The van der Waals surface area contributed by atoms with Gasteiger partial charge in [-0.15, -0.1) is 0 Å². The Hall–Kier alpha value is -0.970. The fourth-order valence-corrected chi connectivity index (χ4v) is 1.71. The van der Waals surface area contributed by atoms with Gasteiger partial charge in [-0.1, -0.05) is 0 Å². The summed E-state index contributed by atoms with van der Waals surface area (Å²) in [6.45, 7) is 0. The highest BCUT2D eigenvalue weighted by atomic mass is 127. The highest BCUT2D eigenvalue weighted by Gasteiger charge is 2.19. The molecule has 1 rings (SSSR count). The number of rotatable bonds is 3. The molecule has 0 atom stereocenters. The minimum Gasteiger partial charge on any atom is -0.481 e. The van der Waals surface area contributed by atoms with E-state index in [1.54, 1.807) is 0 Å². The Morgan fingerprint density at radius 3 is 2.80 bits per heavy atom. The van der Waals surface area contributed by atoms with Gasteiger partial charge in [-0.2, -0.15) is 5.26 Å². The number of nitrogens with zero attached hydrogens (tertiary/aromatic N) is 2. The monoisotopic (exact) mass is 324 g/mol. The molecular weight excluding hydrogens is 317 g/mol. The van der Waals surface area contributed by atoms with Gasteiger partial charge in [-0.25, -0.2) is 13.8 Å².